The zero-order valence-electron chi connectivity index (χ0n) is 11.6. The van der Waals surface area contributed by atoms with Gasteiger partial charge < -0.3 is 5.32 Å². The molecule has 1 heterocycles. The van der Waals surface area contributed by atoms with Crippen molar-refractivity contribution in [3.05, 3.63) is 10.6 Å². The molecule has 0 aromatic carbocycles. The second-order valence-corrected chi connectivity index (χ2v) is 6.95. The Morgan fingerprint density at radius 2 is 1.89 bits per heavy atom. The molecule has 2 saturated carbocycles. The molecule has 3 rings (SSSR count). The predicted molar refractivity (Wildman–Crippen MR) is 78.6 cm³/mol. The number of nitrogens with zero attached hydrogens (tertiary/aromatic N) is 1. The number of amides is 1. The zero-order chi connectivity index (χ0) is 13.2. The Labute approximate surface area is 118 Å². The number of anilines is 1. The Kier molecular flexibility index (Phi) is 3.87. The molecular weight excluding hydrogens is 256 g/mol. The highest BCUT2D eigenvalue weighted by molar-refractivity contribution is 7.16. The van der Waals surface area contributed by atoms with Crippen LogP contribution in [-0.2, 0) is 4.79 Å². The first-order valence-corrected chi connectivity index (χ1v) is 8.34. The highest BCUT2D eigenvalue weighted by atomic mass is 32.1. The summed E-state index contributed by atoms with van der Waals surface area (Å²) in [5.41, 5.74) is 1.13. The van der Waals surface area contributed by atoms with E-state index in [4.69, 9.17) is 0 Å². The van der Waals surface area contributed by atoms with Crippen molar-refractivity contribution in [3.8, 4) is 0 Å². The van der Waals surface area contributed by atoms with Crippen LogP contribution in [-0.4, -0.2) is 10.9 Å². The van der Waals surface area contributed by atoms with Crippen LogP contribution in [0.5, 0.6) is 0 Å². The average molecular weight is 278 g/mol. The highest BCUT2D eigenvalue weighted by Gasteiger charge is 2.27. The summed E-state index contributed by atoms with van der Waals surface area (Å²) < 4.78 is 0. The lowest BCUT2D eigenvalue weighted by Crippen LogP contribution is -2.27. The summed E-state index contributed by atoms with van der Waals surface area (Å²) in [7, 11) is 0. The fraction of sp³-hybridized carbons (Fsp3) is 0.733. The summed E-state index contributed by atoms with van der Waals surface area (Å²) in [6.45, 7) is 2.08. The van der Waals surface area contributed by atoms with Crippen LogP contribution >= 0.6 is 11.3 Å². The minimum Gasteiger partial charge on any atom is -0.302 e. The quantitative estimate of drug-likeness (QED) is 0.898. The summed E-state index contributed by atoms with van der Waals surface area (Å²) in [6, 6.07) is 0. The van der Waals surface area contributed by atoms with Crippen molar-refractivity contribution in [1.29, 1.82) is 0 Å². The van der Waals surface area contributed by atoms with E-state index in [0.29, 0.717) is 5.92 Å². The Hall–Kier alpha value is -0.900. The lowest BCUT2D eigenvalue weighted by atomic mass is 9.85. The highest BCUT2D eigenvalue weighted by Crippen LogP contribution is 2.39. The van der Waals surface area contributed by atoms with Gasteiger partial charge >= 0.3 is 0 Å². The molecule has 0 radical (unpaired) electrons. The number of hydrogen-bond acceptors (Lipinski definition) is 3. The second kappa shape index (κ2) is 5.61. The van der Waals surface area contributed by atoms with Crippen LogP contribution in [0.3, 0.4) is 0 Å². The third-order valence-electron chi connectivity index (χ3n) is 4.51. The lowest BCUT2D eigenvalue weighted by Gasteiger charge is -2.23. The Morgan fingerprint density at radius 3 is 2.53 bits per heavy atom. The van der Waals surface area contributed by atoms with Gasteiger partial charge in [0.15, 0.2) is 5.13 Å². The van der Waals surface area contributed by atoms with Crippen LogP contribution < -0.4 is 5.32 Å². The van der Waals surface area contributed by atoms with E-state index in [1.165, 1.54) is 43.4 Å². The van der Waals surface area contributed by atoms with Gasteiger partial charge in [0.1, 0.15) is 0 Å². The maximum atomic E-state index is 11.9. The first-order valence-electron chi connectivity index (χ1n) is 7.52. The third kappa shape index (κ3) is 2.83. The number of thiazole rings is 1. The maximum Gasteiger partial charge on any atom is 0.229 e. The minimum atomic E-state index is 0.176. The lowest BCUT2D eigenvalue weighted by molar-refractivity contribution is -0.122. The molecule has 1 aromatic rings. The molecule has 0 atom stereocenters. The molecule has 0 unspecified atom stereocenters. The molecule has 104 valence electrons. The van der Waals surface area contributed by atoms with Gasteiger partial charge in [-0.25, -0.2) is 4.98 Å². The summed E-state index contributed by atoms with van der Waals surface area (Å²) in [5, 5.41) is 3.83. The van der Waals surface area contributed by atoms with Crippen molar-refractivity contribution in [1.82, 2.24) is 4.98 Å². The number of nitrogens with one attached hydrogen (secondary N) is 1. The molecule has 0 saturated heterocycles. The molecule has 2 fully saturated rings. The Bertz CT molecular complexity index is 459. The van der Waals surface area contributed by atoms with Gasteiger partial charge in [0.2, 0.25) is 5.91 Å². The van der Waals surface area contributed by atoms with E-state index in [1.807, 2.05) is 0 Å². The third-order valence-corrected chi connectivity index (χ3v) is 5.75. The summed E-state index contributed by atoms with van der Waals surface area (Å²) >= 11 is 1.70. The monoisotopic (exact) mass is 278 g/mol. The van der Waals surface area contributed by atoms with Crippen molar-refractivity contribution in [3.63, 3.8) is 0 Å². The normalized spacial score (nSPS) is 21.1. The fourth-order valence-electron chi connectivity index (χ4n) is 3.08. The number of hydrogen-bond donors (Lipinski definition) is 1. The van der Waals surface area contributed by atoms with Crippen molar-refractivity contribution >= 4 is 22.4 Å². The predicted octanol–water partition coefficient (Wildman–Crippen LogP) is 4.24. The molecule has 0 bridgehead atoms. The fourth-order valence-corrected chi connectivity index (χ4v) is 4.22. The SMILES string of the molecule is Cc1nc(NC(=O)C2CCC2)sc1C1CCCCC1. The summed E-state index contributed by atoms with van der Waals surface area (Å²) in [5.74, 6) is 1.10. The molecular formula is C15H22N2OS. The standard InChI is InChI=1S/C15H22N2OS/c1-10-13(11-6-3-2-4-7-11)19-15(16-10)17-14(18)12-8-5-9-12/h11-12H,2-9H2,1H3,(H,16,17,18). The molecule has 1 aromatic heterocycles. The van der Waals surface area contributed by atoms with Crippen LogP contribution in [0.4, 0.5) is 5.13 Å². The summed E-state index contributed by atoms with van der Waals surface area (Å²) in [4.78, 5) is 17.9. The number of aromatic nitrogens is 1. The van der Waals surface area contributed by atoms with E-state index in [-0.39, 0.29) is 11.8 Å². The smallest absolute Gasteiger partial charge is 0.229 e. The maximum absolute atomic E-state index is 11.9. The van der Waals surface area contributed by atoms with Crippen molar-refractivity contribution in [2.75, 3.05) is 5.32 Å². The van der Waals surface area contributed by atoms with Crippen molar-refractivity contribution < 1.29 is 4.79 Å². The van der Waals surface area contributed by atoms with E-state index >= 15 is 0 Å². The van der Waals surface area contributed by atoms with Gasteiger partial charge in [-0.05, 0) is 38.5 Å². The van der Waals surface area contributed by atoms with Gasteiger partial charge in [0.25, 0.3) is 0 Å². The Morgan fingerprint density at radius 1 is 1.16 bits per heavy atom. The van der Waals surface area contributed by atoms with E-state index in [1.54, 1.807) is 11.3 Å². The molecule has 4 heteroatoms. The van der Waals surface area contributed by atoms with Gasteiger partial charge in [-0.15, -0.1) is 11.3 Å². The van der Waals surface area contributed by atoms with Gasteiger partial charge in [-0.2, -0.15) is 0 Å². The van der Waals surface area contributed by atoms with Gasteiger partial charge in [0.05, 0.1) is 5.69 Å². The summed E-state index contributed by atoms with van der Waals surface area (Å²) in [6.07, 6.45) is 9.93. The van der Waals surface area contributed by atoms with Crippen LogP contribution in [0.2, 0.25) is 0 Å². The van der Waals surface area contributed by atoms with Gasteiger partial charge in [-0.3, -0.25) is 4.79 Å². The van der Waals surface area contributed by atoms with E-state index < -0.39 is 0 Å². The second-order valence-electron chi connectivity index (χ2n) is 5.92. The molecule has 0 spiro atoms. The first-order chi connectivity index (χ1) is 9.24. The minimum absolute atomic E-state index is 0.176. The molecule has 3 nitrogen and oxygen atoms in total. The molecule has 19 heavy (non-hydrogen) atoms. The molecule has 1 amide bonds. The van der Waals surface area contributed by atoms with Crippen LogP contribution in [0, 0.1) is 12.8 Å². The van der Waals surface area contributed by atoms with E-state index in [9.17, 15) is 4.79 Å². The molecule has 0 aliphatic heterocycles. The number of carbonyl (C=O) groups is 1. The van der Waals surface area contributed by atoms with Crippen LogP contribution in [0.15, 0.2) is 0 Å². The molecule has 2 aliphatic carbocycles. The number of carbonyl (C=O) groups excluding carboxylic acids is 1. The molecule has 2 aliphatic rings. The van der Waals surface area contributed by atoms with Crippen molar-refractivity contribution in [2.45, 2.75) is 64.2 Å². The average Bonchev–Trinajstić information content (AvgIpc) is 2.69. The van der Waals surface area contributed by atoms with Crippen molar-refractivity contribution in [2.24, 2.45) is 5.92 Å². The van der Waals surface area contributed by atoms with Gasteiger partial charge in [-0.1, -0.05) is 25.7 Å². The van der Waals surface area contributed by atoms with Crippen LogP contribution in [0.25, 0.3) is 0 Å². The zero-order valence-corrected chi connectivity index (χ0v) is 12.4. The molecule has 1 N–H and O–H groups in total. The topological polar surface area (TPSA) is 42.0 Å². The Balaban J connectivity index is 1.67. The van der Waals surface area contributed by atoms with Gasteiger partial charge in [0, 0.05) is 10.8 Å². The van der Waals surface area contributed by atoms with E-state index in [2.05, 4.69) is 17.2 Å². The first kappa shape index (κ1) is 13.1. The number of aryl methyl sites for hydroxylation is 1. The number of rotatable bonds is 3. The van der Waals surface area contributed by atoms with Crippen LogP contribution in [0.1, 0.15) is 67.9 Å². The largest absolute Gasteiger partial charge is 0.302 e. The van der Waals surface area contributed by atoms with E-state index in [0.717, 1.165) is 23.7 Å².